The van der Waals surface area contributed by atoms with Crippen LogP contribution in [0.1, 0.15) is 23.2 Å². The van der Waals surface area contributed by atoms with Gasteiger partial charge in [-0.3, -0.25) is 9.59 Å². The summed E-state index contributed by atoms with van der Waals surface area (Å²) in [6, 6.07) is 2.63. The first-order chi connectivity index (χ1) is 8.70. The Balaban J connectivity index is 2.04. The van der Waals surface area contributed by atoms with Crippen molar-refractivity contribution in [3.05, 3.63) is 23.9 Å². The number of nitrogens with one attached hydrogen (secondary N) is 3. The third-order valence-electron chi connectivity index (χ3n) is 2.76. The summed E-state index contributed by atoms with van der Waals surface area (Å²) in [5.74, 6) is 5.17. The Morgan fingerprint density at radius 2 is 2.39 bits per heavy atom. The van der Waals surface area contributed by atoms with Gasteiger partial charge in [-0.25, -0.2) is 10.8 Å². The zero-order chi connectivity index (χ0) is 13.0. The number of rotatable bonds is 3. The SMILES string of the molecule is NNc1cc(C(=O)NC2CCCNC2=O)ccn1. The monoisotopic (exact) mass is 249 g/mol. The largest absolute Gasteiger partial charge is 0.354 e. The van der Waals surface area contributed by atoms with Crippen molar-refractivity contribution in [2.75, 3.05) is 12.0 Å². The molecule has 0 spiro atoms. The van der Waals surface area contributed by atoms with Gasteiger partial charge in [0.15, 0.2) is 0 Å². The molecule has 1 unspecified atom stereocenters. The molecule has 0 aromatic carbocycles. The Bertz CT molecular complexity index is 463. The Labute approximate surface area is 104 Å². The molecule has 1 atom stereocenters. The van der Waals surface area contributed by atoms with E-state index in [0.717, 1.165) is 6.42 Å². The van der Waals surface area contributed by atoms with Gasteiger partial charge in [0.25, 0.3) is 5.91 Å². The molecule has 0 saturated carbocycles. The summed E-state index contributed by atoms with van der Waals surface area (Å²) in [5, 5.41) is 5.40. The number of nitrogens with two attached hydrogens (primary N) is 1. The molecule has 2 rings (SSSR count). The van der Waals surface area contributed by atoms with Gasteiger partial charge in [-0.15, -0.1) is 0 Å². The summed E-state index contributed by atoms with van der Waals surface area (Å²) < 4.78 is 0. The van der Waals surface area contributed by atoms with Gasteiger partial charge in [-0.05, 0) is 25.0 Å². The van der Waals surface area contributed by atoms with E-state index in [2.05, 4.69) is 21.0 Å². The molecule has 1 aromatic heterocycles. The maximum atomic E-state index is 11.9. The van der Waals surface area contributed by atoms with E-state index in [1.54, 1.807) is 6.07 Å². The minimum Gasteiger partial charge on any atom is -0.354 e. The standard InChI is InChI=1S/C11H15N5O2/c12-16-9-6-7(3-5-13-9)10(17)15-8-2-1-4-14-11(8)18/h3,5-6,8H,1-2,4,12H2,(H,13,16)(H,14,18)(H,15,17). The lowest BCUT2D eigenvalue weighted by molar-refractivity contribution is -0.124. The molecule has 96 valence electrons. The number of aromatic nitrogens is 1. The normalized spacial score (nSPS) is 18.9. The lowest BCUT2D eigenvalue weighted by atomic mass is 10.1. The zero-order valence-electron chi connectivity index (χ0n) is 9.77. The second kappa shape index (κ2) is 5.46. The number of anilines is 1. The molecule has 1 aliphatic heterocycles. The van der Waals surface area contributed by atoms with Crippen LogP contribution >= 0.6 is 0 Å². The second-order valence-electron chi connectivity index (χ2n) is 4.03. The van der Waals surface area contributed by atoms with Crippen LogP contribution in [0.4, 0.5) is 5.82 Å². The summed E-state index contributed by atoms with van der Waals surface area (Å²) in [7, 11) is 0. The number of hydrogen-bond donors (Lipinski definition) is 4. The van der Waals surface area contributed by atoms with Crippen molar-refractivity contribution in [3.63, 3.8) is 0 Å². The number of pyridine rings is 1. The molecule has 2 amide bonds. The van der Waals surface area contributed by atoms with Crippen LogP contribution in [0.25, 0.3) is 0 Å². The van der Waals surface area contributed by atoms with E-state index in [4.69, 9.17) is 5.84 Å². The molecule has 2 heterocycles. The minimum atomic E-state index is -0.464. The molecule has 7 nitrogen and oxygen atoms in total. The van der Waals surface area contributed by atoms with Crippen LogP contribution < -0.4 is 21.9 Å². The summed E-state index contributed by atoms with van der Waals surface area (Å²) >= 11 is 0. The minimum absolute atomic E-state index is 0.138. The fourth-order valence-electron chi connectivity index (χ4n) is 1.80. The van der Waals surface area contributed by atoms with Crippen molar-refractivity contribution >= 4 is 17.6 Å². The molecule has 1 aliphatic rings. The topological polar surface area (TPSA) is 109 Å². The maximum Gasteiger partial charge on any atom is 0.252 e. The van der Waals surface area contributed by atoms with Gasteiger partial charge in [0.05, 0.1) is 0 Å². The highest BCUT2D eigenvalue weighted by molar-refractivity contribution is 5.98. The molecule has 0 aliphatic carbocycles. The van der Waals surface area contributed by atoms with Crippen molar-refractivity contribution in [2.24, 2.45) is 5.84 Å². The van der Waals surface area contributed by atoms with Crippen LogP contribution in [0.3, 0.4) is 0 Å². The molecular weight excluding hydrogens is 234 g/mol. The van der Waals surface area contributed by atoms with Crippen molar-refractivity contribution in [1.29, 1.82) is 0 Å². The number of carbonyl (C=O) groups is 2. The number of piperidine rings is 1. The van der Waals surface area contributed by atoms with Gasteiger partial charge in [-0.1, -0.05) is 0 Å². The van der Waals surface area contributed by atoms with E-state index >= 15 is 0 Å². The quantitative estimate of drug-likeness (QED) is 0.421. The summed E-state index contributed by atoms with van der Waals surface area (Å²) in [6.45, 7) is 0.668. The first kappa shape index (κ1) is 12.3. The Kier molecular flexibility index (Phi) is 3.73. The lowest BCUT2D eigenvalue weighted by Crippen LogP contribution is -2.50. The van der Waals surface area contributed by atoms with Crippen molar-refractivity contribution < 1.29 is 9.59 Å². The molecule has 0 bridgehead atoms. The number of amides is 2. The number of hydrogen-bond acceptors (Lipinski definition) is 5. The van der Waals surface area contributed by atoms with Crippen LogP contribution in [0.15, 0.2) is 18.3 Å². The molecule has 7 heteroatoms. The van der Waals surface area contributed by atoms with Gasteiger partial charge in [0.2, 0.25) is 5.91 Å². The van der Waals surface area contributed by atoms with Gasteiger partial charge in [0, 0.05) is 18.3 Å². The average molecular weight is 249 g/mol. The van der Waals surface area contributed by atoms with E-state index in [0.29, 0.717) is 24.3 Å². The number of nitrogen functional groups attached to an aromatic ring is 1. The van der Waals surface area contributed by atoms with E-state index < -0.39 is 6.04 Å². The third kappa shape index (κ3) is 2.75. The first-order valence-corrected chi connectivity index (χ1v) is 5.72. The molecule has 1 aromatic rings. The van der Waals surface area contributed by atoms with Gasteiger partial charge in [-0.2, -0.15) is 0 Å². The molecule has 1 saturated heterocycles. The molecule has 0 radical (unpaired) electrons. The van der Waals surface area contributed by atoms with Crippen LogP contribution in [-0.4, -0.2) is 29.4 Å². The van der Waals surface area contributed by atoms with Crippen LogP contribution in [-0.2, 0) is 4.79 Å². The Hall–Kier alpha value is -2.15. The van der Waals surface area contributed by atoms with E-state index in [1.165, 1.54) is 12.3 Å². The molecule has 5 N–H and O–H groups in total. The third-order valence-corrected chi connectivity index (χ3v) is 2.76. The summed E-state index contributed by atoms with van der Waals surface area (Å²) in [5.41, 5.74) is 2.78. The predicted octanol–water partition coefficient (Wildman–Crippen LogP) is -0.624. The number of carbonyl (C=O) groups excluding carboxylic acids is 2. The van der Waals surface area contributed by atoms with Crippen LogP contribution in [0.2, 0.25) is 0 Å². The van der Waals surface area contributed by atoms with Crippen LogP contribution in [0.5, 0.6) is 0 Å². The fourth-order valence-corrected chi connectivity index (χ4v) is 1.80. The molecule has 1 fully saturated rings. The first-order valence-electron chi connectivity index (χ1n) is 5.72. The smallest absolute Gasteiger partial charge is 0.252 e. The predicted molar refractivity (Wildman–Crippen MR) is 65.5 cm³/mol. The number of nitrogens with zero attached hydrogens (tertiary/aromatic N) is 1. The summed E-state index contributed by atoms with van der Waals surface area (Å²) in [6.07, 6.45) is 3.00. The lowest BCUT2D eigenvalue weighted by Gasteiger charge is -2.22. The highest BCUT2D eigenvalue weighted by Crippen LogP contribution is 2.08. The van der Waals surface area contributed by atoms with E-state index in [1.807, 2.05) is 0 Å². The summed E-state index contributed by atoms with van der Waals surface area (Å²) in [4.78, 5) is 27.4. The second-order valence-corrected chi connectivity index (χ2v) is 4.03. The van der Waals surface area contributed by atoms with Crippen molar-refractivity contribution in [2.45, 2.75) is 18.9 Å². The van der Waals surface area contributed by atoms with E-state index in [-0.39, 0.29) is 11.8 Å². The van der Waals surface area contributed by atoms with Crippen molar-refractivity contribution in [3.8, 4) is 0 Å². The van der Waals surface area contributed by atoms with Gasteiger partial charge < -0.3 is 16.1 Å². The zero-order valence-corrected chi connectivity index (χ0v) is 9.77. The highest BCUT2D eigenvalue weighted by atomic mass is 16.2. The molecule has 18 heavy (non-hydrogen) atoms. The fraction of sp³-hybridized carbons (Fsp3) is 0.364. The number of hydrazine groups is 1. The highest BCUT2D eigenvalue weighted by Gasteiger charge is 2.23. The average Bonchev–Trinajstić information content (AvgIpc) is 2.41. The molecular formula is C11H15N5O2. The Morgan fingerprint density at radius 1 is 1.56 bits per heavy atom. The van der Waals surface area contributed by atoms with E-state index in [9.17, 15) is 9.59 Å². The van der Waals surface area contributed by atoms with Gasteiger partial charge >= 0.3 is 0 Å². The van der Waals surface area contributed by atoms with Gasteiger partial charge in [0.1, 0.15) is 11.9 Å². The maximum absolute atomic E-state index is 11.9. The van der Waals surface area contributed by atoms with Crippen molar-refractivity contribution in [1.82, 2.24) is 15.6 Å². The Morgan fingerprint density at radius 3 is 3.11 bits per heavy atom. The van der Waals surface area contributed by atoms with Crippen LogP contribution in [0, 0.1) is 0 Å².